The molecule has 25 heavy (non-hydrogen) atoms. The van der Waals surface area contributed by atoms with Crippen molar-refractivity contribution >= 4 is 48.2 Å². The Hall–Kier alpha value is -2.45. The molecule has 0 aliphatic heterocycles. The number of rotatable bonds is 3. The van der Waals surface area contributed by atoms with Crippen molar-refractivity contribution in [2.45, 2.75) is 18.7 Å². The van der Waals surface area contributed by atoms with Crippen LogP contribution in [0.15, 0.2) is 41.3 Å². The number of carbonyl (C=O) groups excluding carboxylic acids is 1. The quantitative estimate of drug-likeness (QED) is 0.725. The zero-order valence-corrected chi connectivity index (χ0v) is 15.6. The number of amides is 2. The van der Waals surface area contributed by atoms with Gasteiger partial charge in [0.15, 0.2) is 15.0 Å². The summed E-state index contributed by atoms with van der Waals surface area (Å²) in [6.45, 7) is 3.98. The highest BCUT2D eigenvalue weighted by molar-refractivity contribution is 7.90. The molecule has 2 aromatic carbocycles. The van der Waals surface area contributed by atoms with Crippen LogP contribution in [0, 0.1) is 13.8 Å². The van der Waals surface area contributed by atoms with Gasteiger partial charge in [0.25, 0.3) is 0 Å². The molecular weight excluding hydrogens is 358 g/mol. The van der Waals surface area contributed by atoms with Crippen LogP contribution in [0.1, 0.15) is 11.1 Å². The fourth-order valence-corrected chi connectivity index (χ4v) is 3.89. The van der Waals surface area contributed by atoms with Gasteiger partial charge in [-0.15, -0.1) is 0 Å². The molecule has 0 saturated carbocycles. The first-order chi connectivity index (χ1) is 11.7. The average Bonchev–Trinajstić information content (AvgIpc) is 2.91. The molecule has 0 fully saturated rings. The number of hydrogen-bond donors (Lipinski definition) is 2. The molecule has 0 bridgehead atoms. The van der Waals surface area contributed by atoms with Gasteiger partial charge in [-0.25, -0.2) is 18.2 Å². The van der Waals surface area contributed by atoms with Crippen molar-refractivity contribution in [2.24, 2.45) is 0 Å². The van der Waals surface area contributed by atoms with Gasteiger partial charge < -0.3 is 5.32 Å². The van der Waals surface area contributed by atoms with Crippen molar-refractivity contribution in [1.29, 1.82) is 0 Å². The van der Waals surface area contributed by atoms with Gasteiger partial charge >= 0.3 is 6.03 Å². The zero-order chi connectivity index (χ0) is 18.2. The summed E-state index contributed by atoms with van der Waals surface area (Å²) in [4.78, 5) is 16.7. The lowest BCUT2D eigenvalue weighted by Crippen LogP contribution is -2.19. The second-order valence-electron chi connectivity index (χ2n) is 5.80. The van der Waals surface area contributed by atoms with E-state index in [0.29, 0.717) is 21.0 Å². The second-order valence-corrected chi connectivity index (χ2v) is 8.85. The lowest BCUT2D eigenvalue weighted by atomic mass is 10.1. The largest absolute Gasteiger partial charge is 0.325 e. The highest BCUT2D eigenvalue weighted by atomic mass is 32.2. The normalized spacial score (nSPS) is 11.5. The molecule has 0 spiro atoms. The van der Waals surface area contributed by atoms with Crippen molar-refractivity contribution in [2.75, 3.05) is 16.9 Å². The summed E-state index contributed by atoms with van der Waals surface area (Å²) in [5.41, 5.74) is 3.57. The molecule has 0 atom stereocenters. The van der Waals surface area contributed by atoms with Gasteiger partial charge in [-0.3, -0.25) is 5.32 Å². The summed E-state index contributed by atoms with van der Waals surface area (Å²) in [5.74, 6) is 0. The highest BCUT2D eigenvalue weighted by Crippen LogP contribution is 2.28. The van der Waals surface area contributed by atoms with Crippen molar-refractivity contribution in [3.05, 3.63) is 47.5 Å². The Morgan fingerprint density at radius 2 is 1.80 bits per heavy atom. The number of hydrogen-bond acceptors (Lipinski definition) is 5. The van der Waals surface area contributed by atoms with Gasteiger partial charge in [0.2, 0.25) is 0 Å². The van der Waals surface area contributed by atoms with E-state index in [-0.39, 0.29) is 4.90 Å². The van der Waals surface area contributed by atoms with Gasteiger partial charge in [0, 0.05) is 11.9 Å². The Bertz CT molecular complexity index is 1070. The zero-order valence-electron chi connectivity index (χ0n) is 14.0. The smallest absolute Gasteiger partial charge is 0.308 e. The maximum atomic E-state index is 12.1. The van der Waals surface area contributed by atoms with Gasteiger partial charge in [0.1, 0.15) is 0 Å². The van der Waals surface area contributed by atoms with Crippen LogP contribution in [0.3, 0.4) is 0 Å². The van der Waals surface area contributed by atoms with Crippen LogP contribution in [0.4, 0.5) is 15.6 Å². The SMILES string of the molecule is Cc1ccc(NC(=O)Nc2nc3ccc(S(C)(=O)=O)cc3s2)cc1C. The molecule has 1 aromatic heterocycles. The molecular formula is C17H17N3O3S2. The number of nitrogens with zero attached hydrogens (tertiary/aromatic N) is 1. The third-order valence-corrected chi connectivity index (χ3v) is 5.82. The number of aromatic nitrogens is 1. The minimum Gasteiger partial charge on any atom is -0.308 e. The van der Waals surface area contributed by atoms with Crippen molar-refractivity contribution in [3.63, 3.8) is 0 Å². The number of benzene rings is 2. The molecule has 0 unspecified atom stereocenters. The summed E-state index contributed by atoms with van der Waals surface area (Å²) in [6, 6.07) is 9.98. The number of aryl methyl sites for hydroxylation is 2. The molecule has 6 nitrogen and oxygen atoms in total. The van der Waals surface area contributed by atoms with Gasteiger partial charge in [-0.2, -0.15) is 0 Å². The average molecular weight is 375 g/mol. The van der Waals surface area contributed by atoms with E-state index in [1.165, 1.54) is 17.4 Å². The predicted octanol–water partition coefficient (Wildman–Crippen LogP) is 3.96. The van der Waals surface area contributed by atoms with Gasteiger partial charge in [0.05, 0.1) is 15.1 Å². The molecule has 0 radical (unpaired) electrons. The van der Waals surface area contributed by atoms with Crippen LogP contribution in [-0.4, -0.2) is 25.7 Å². The Labute approximate surface area is 149 Å². The van der Waals surface area contributed by atoms with Crippen LogP contribution in [-0.2, 0) is 9.84 Å². The molecule has 0 aliphatic rings. The summed E-state index contributed by atoms with van der Waals surface area (Å²) in [6.07, 6.45) is 1.16. The van der Waals surface area contributed by atoms with E-state index < -0.39 is 15.9 Å². The third-order valence-electron chi connectivity index (χ3n) is 3.77. The first kappa shape index (κ1) is 17.4. The van der Waals surface area contributed by atoms with Gasteiger partial charge in [-0.05, 0) is 55.3 Å². The minimum absolute atomic E-state index is 0.231. The first-order valence-electron chi connectivity index (χ1n) is 7.48. The standard InChI is InChI=1S/C17H17N3O3S2/c1-10-4-5-12(8-11(10)2)18-16(21)20-17-19-14-7-6-13(25(3,22)23)9-15(14)24-17/h4-9H,1-3H3,(H2,18,19,20,21). The molecule has 130 valence electrons. The third kappa shape index (κ3) is 3.97. The lowest BCUT2D eigenvalue weighted by Gasteiger charge is -2.07. The number of nitrogens with one attached hydrogen (secondary N) is 2. The number of anilines is 2. The highest BCUT2D eigenvalue weighted by Gasteiger charge is 2.12. The van der Waals surface area contributed by atoms with E-state index in [9.17, 15) is 13.2 Å². The Kier molecular flexibility index (Phi) is 4.49. The fourth-order valence-electron chi connectivity index (χ4n) is 2.27. The molecule has 2 N–H and O–H groups in total. The second kappa shape index (κ2) is 6.45. The van der Waals surface area contributed by atoms with E-state index in [1.54, 1.807) is 12.1 Å². The molecule has 2 amide bonds. The molecule has 1 heterocycles. The summed E-state index contributed by atoms with van der Waals surface area (Å²) >= 11 is 1.22. The molecule has 3 rings (SSSR count). The van der Waals surface area contributed by atoms with E-state index in [1.807, 2.05) is 32.0 Å². The number of urea groups is 1. The topological polar surface area (TPSA) is 88.2 Å². The fraction of sp³-hybridized carbons (Fsp3) is 0.176. The predicted molar refractivity (Wildman–Crippen MR) is 101 cm³/mol. The molecule has 3 aromatic rings. The maximum Gasteiger partial charge on any atom is 0.325 e. The van der Waals surface area contributed by atoms with E-state index in [2.05, 4.69) is 15.6 Å². The molecule has 0 aliphatic carbocycles. The van der Waals surface area contributed by atoms with Crippen LogP contribution in [0.5, 0.6) is 0 Å². The van der Waals surface area contributed by atoms with E-state index in [0.717, 1.165) is 17.4 Å². The summed E-state index contributed by atoms with van der Waals surface area (Å²) in [5, 5.41) is 5.84. The van der Waals surface area contributed by atoms with Gasteiger partial charge in [-0.1, -0.05) is 17.4 Å². The number of sulfone groups is 1. The number of carbonyl (C=O) groups is 1. The lowest BCUT2D eigenvalue weighted by molar-refractivity contribution is 0.262. The van der Waals surface area contributed by atoms with E-state index in [4.69, 9.17) is 0 Å². The summed E-state index contributed by atoms with van der Waals surface area (Å²) < 4.78 is 23.9. The number of fused-ring (bicyclic) bond motifs is 1. The summed E-state index contributed by atoms with van der Waals surface area (Å²) in [7, 11) is -3.28. The van der Waals surface area contributed by atoms with E-state index >= 15 is 0 Å². The number of thiazole rings is 1. The maximum absolute atomic E-state index is 12.1. The van der Waals surface area contributed by atoms with Crippen molar-refractivity contribution < 1.29 is 13.2 Å². The van der Waals surface area contributed by atoms with Crippen LogP contribution in [0.25, 0.3) is 10.2 Å². The Morgan fingerprint density at radius 1 is 1.04 bits per heavy atom. The van der Waals surface area contributed by atoms with Crippen molar-refractivity contribution in [3.8, 4) is 0 Å². The minimum atomic E-state index is -3.28. The Morgan fingerprint density at radius 3 is 2.48 bits per heavy atom. The van der Waals surface area contributed by atoms with Crippen LogP contribution in [0.2, 0.25) is 0 Å². The molecule has 0 saturated heterocycles. The van der Waals surface area contributed by atoms with Crippen LogP contribution < -0.4 is 10.6 Å². The first-order valence-corrected chi connectivity index (χ1v) is 10.2. The van der Waals surface area contributed by atoms with Crippen LogP contribution >= 0.6 is 11.3 Å². The van der Waals surface area contributed by atoms with Crippen molar-refractivity contribution in [1.82, 2.24) is 4.98 Å². The Balaban J connectivity index is 1.78. The monoisotopic (exact) mass is 375 g/mol. The molecule has 8 heteroatoms.